The Morgan fingerprint density at radius 3 is 2.31 bits per heavy atom. The Hall–Kier alpha value is -1.12. The highest BCUT2D eigenvalue weighted by Gasteiger charge is 2.35. The second-order valence-corrected chi connectivity index (χ2v) is 8.64. The Morgan fingerprint density at radius 1 is 1.08 bits per heavy atom. The van der Waals surface area contributed by atoms with Crippen LogP contribution in [-0.2, 0) is 0 Å². The Labute approximate surface area is 178 Å². The van der Waals surface area contributed by atoms with Crippen LogP contribution in [0, 0.1) is 5.82 Å². The minimum Gasteiger partial charge on any atom is -0.339 e. The lowest BCUT2D eigenvalue weighted by atomic mass is 10.2. The van der Waals surface area contributed by atoms with Crippen LogP contribution in [0.4, 0.5) is 10.1 Å². The number of carbonyl (C=O) groups is 1. The van der Waals surface area contributed by atoms with E-state index in [0.717, 1.165) is 10.5 Å². The van der Waals surface area contributed by atoms with Crippen molar-refractivity contribution in [2.75, 3.05) is 5.32 Å². The van der Waals surface area contributed by atoms with E-state index in [0.29, 0.717) is 5.69 Å². The standard InChI is InChI=1S/C16H12BrCl3FN3OS/c17-10-6-2-4-8-12(10)22-15(26)24-14(16(18,19)20)23-13(25)9-5-1-3-7-11(9)21/h1-8,14H,(H,23,25)(H2,22,24,26)/t14-/m0/s1. The lowest BCUT2D eigenvalue weighted by molar-refractivity contribution is 0.0930. The van der Waals surface area contributed by atoms with Gasteiger partial charge in [-0.15, -0.1) is 0 Å². The fourth-order valence-corrected chi connectivity index (χ4v) is 2.85. The van der Waals surface area contributed by atoms with Crippen molar-refractivity contribution in [3.8, 4) is 0 Å². The Morgan fingerprint density at radius 2 is 1.69 bits per heavy atom. The van der Waals surface area contributed by atoms with Gasteiger partial charge in [0.25, 0.3) is 5.91 Å². The molecule has 26 heavy (non-hydrogen) atoms. The molecule has 2 rings (SSSR count). The zero-order valence-corrected chi connectivity index (χ0v) is 17.6. The summed E-state index contributed by atoms with van der Waals surface area (Å²) in [5.41, 5.74) is 0.492. The molecule has 0 aliphatic carbocycles. The molecule has 0 saturated heterocycles. The van der Waals surface area contributed by atoms with Crippen LogP contribution in [0.15, 0.2) is 53.0 Å². The van der Waals surface area contributed by atoms with Crippen LogP contribution in [0.2, 0.25) is 0 Å². The van der Waals surface area contributed by atoms with E-state index in [9.17, 15) is 9.18 Å². The van der Waals surface area contributed by atoms with E-state index < -0.39 is 21.7 Å². The van der Waals surface area contributed by atoms with Crippen LogP contribution in [0.3, 0.4) is 0 Å². The van der Waals surface area contributed by atoms with E-state index in [4.69, 9.17) is 47.0 Å². The van der Waals surface area contributed by atoms with E-state index >= 15 is 0 Å². The summed E-state index contributed by atoms with van der Waals surface area (Å²) in [6.07, 6.45) is -1.21. The topological polar surface area (TPSA) is 53.2 Å². The zero-order chi connectivity index (χ0) is 19.3. The molecule has 0 saturated carbocycles. The SMILES string of the molecule is O=C(N[C@@H](NC(=S)Nc1ccccc1Br)C(Cl)(Cl)Cl)c1ccccc1F. The minimum atomic E-state index is -1.94. The van der Waals surface area contributed by atoms with Crippen molar-refractivity contribution in [2.45, 2.75) is 9.96 Å². The summed E-state index contributed by atoms with van der Waals surface area (Å²) in [7, 11) is 0. The average Bonchev–Trinajstić information content (AvgIpc) is 2.56. The first kappa shape index (κ1) is 21.2. The molecule has 0 radical (unpaired) electrons. The van der Waals surface area contributed by atoms with Gasteiger partial charge >= 0.3 is 0 Å². The second kappa shape index (κ2) is 9.19. The number of benzene rings is 2. The summed E-state index contributed by atoms with van der Waals surface area (Å²) in [6.45, 7) is 0. The first-order chi connectivity index (χ1) is 12.2. The molecule has 2 aromatic carbocycles. The molecular formula is C16H12BrCl3FN3OS. The molecule has 1 amide bonds. The summed E-state index contributed by atoms with van der Waals surface area (Å²) >= 11 is 26.3. The highest BCUT2D eigenvalue weighted by atomic mass is 79.9. The van der Waals surface area contributed by atoms with Crippen LogP contribution in [0.1, 0.15) is 10.4 Å². The molecule has 0 aromatic heterocycles. The highest BCUT2D eigenvalue weighted by molar-refractivity contribution is 9.10. The predicted molar refractivity (Wildman–Crippen MR) is 111 cm³/mol. The molecule has 0 bridgehead atoms. The number of hydrogen-bond donors (Lipinski definition) is 3. The van der Waals surface area contributed by atoms with E-state index in [1.807, 2.05) is 18.2 Å². The third-order valence-corrected chi connectivity index (χ3v) is 4.68. The summed E-state index contributed by atoms with van der Waals surface area (Å²) in [5.74, 6) is -1.45. The molecule has 0 unspecified atom stereocenters. The van der Waals surface area contributed by atoms with Crippen molar-refractivity contribution in [2.24, 2.45) is 0 Å². The number of nitrogens with one attached hydrogen (secondary N) is 3. The molecule has 0 spiro atoms. The van der Waals surface area contributed by atoms with Gasteiger partial charge in [0.1, 0.15) is 12.0 Å². The van der Waals surface area contributed by atoms with E-state index in [1.54, 1.807) is 6.07 Å². The number of amides is 1. The average molecular weight is 500 g/mol. The van der Waals surface area contributed by atoms with Crippen molar-refractivity contribution in [3.63, 3.8) is 0 Å². The highest BCUT2D eigenvalue weighted by Crippen LogP contribution is 2.29. The number of thiocarbonyl (C=S) groups is 1. The molecule has 4 nitrogen and oxygen atoms in total. The quantitative estimate of drug-likeness (QED) is 0.315. The summed E-state index contributed by atoms with van der Waals surface area (Å²) in [4.78, 5) is 12.3. The van der Waals surface area contributed by atoms with Crippen molar-refractivity contribution in [1.82, 2.24) is 10.6 Å². The first-order valence-electron chi connectivity index (χ1n) is 7.12. The van der Waals surface area contributed by atoms with Gasteiger partial charge in [-0.2, -0.15) is 0 Å². The minimum absolute atomic E-state index is 0.0991. The normalized spacial score (nSPS) is 12.2. The first-order valence-corrected chi connectivity index (χ1v) is 9.46. The molecule has 3 N–H and O–H groups in total. The number of halogens is 5. The maximum Gasteiger partial charge on any atom is 0.255 e. The number of hydrogen-bond acceptors (Lipinski definition) is 2. The fraction of sp³-hybridized carbons (Fsp3) is 0.125. The fourth-order valence-electron chi connectivity index (χ4n) is 1.91. The Kier molecular flexibility index (Phi) is 7.49. The van der Waals surface area contributed by atoms with Gasteiger partial charge < -0.3 is 16.0 Å². The van der Waals surface area contributed by atoms with Crippen LogP contribution in [0.25, 0.3) is 0 Å². The predicted octanol–water partition coefficient (Wildman–Crippen LogP) is 5.00. The maximum atomic E-state index is 13.8. The van der Waals surface area contributed by atoms with Crippen molar-refractivity contribution >= 4 is 79.7 Å². The molecule has 1 atom stereocenters. The van der Waals surface area contributed by atoms with Crippen molar-refractivity contribution in [1.29, 1.82) is 0 Å². The van der Waals surface area contributed by atoms with Gasteiger partial charge in [0.15, 0.2) is 5.11 Å². The van der Waals surface area contributed by atoms with E-state index in [1.165, 1.54) is 18.2 Å². The molecule has 0 heterocycles. The molecule has 2 aromatic rings. The van der Waals surface area contributed by atoms with Crippen LogP contribution >= 0.6 is 63.0 Å². The van der Waals surface area contributed by atoms with Crippen LogP contribution in [-0.4, -0.2) is 21.0 Å². The number of carbonyl (C=O) groups excluding carboxylic acids is 1. The number of para-hydroxylation sites is 1. The Balaban J connectivity index is 2.10. The van der Waals surface area contributed by atoms with E-state index in [-0.39, 0.29) is 10.7 Å². The maximum absolute atomic E-state index is 13.8. The molecule has 138 valence electrons. The number of rotatable bonds is 4. The monoisotopic (exact) mass is 497 g/mol. The van der Waals surface area contributed by atoms with Gasteiger partial charge in [0, 0.05) is 4.47 Å². The lowest BCUT2D eigenvalue weighted by Gasteiger charge is -2.28. The molecule has 0 aliphatic rings. The summed E-state index contributed by atoms with van der Waals surface area (Å²) in [5, 5.41) is 8.13. The van der Waals surface area contributed by atoms with Gasteiger partial charge in [-0.05, 0) is 52.4 Å². The summed E-state index contributed by atoms with van der Waals surface area (Å²) in [6, 6.07) is 12.7. The zero-order valence-electron chi connectivity index (χ0n) is 12.9. The van der Waals surface area contributed by atoms with Crippen LogP contribution < -0.4 is 16.0 Å². The van der Waals surface area contributed by atoms with Gasteiger partial charge in [0.05, 0.1) is 11.3 Å². The number of alkyl halides is 3. The third kappa shape index (κ3) is 5.96. The molecule has 0 fully saturated rings. The van der Waals surface area contributed by atoms with Gasteiger partial charge in [-0.1, -0.05) is 59.1 Å². The number of anilines is 1. The van der Waals surface area contributed by atoms with Gasteiger partial charge in [-0.3, -0.25) is 4.79 Å². The van der Waals surface area contributed by atoms with Crippen molar-refractivity contribution < 1.29 is 9.18 Å². The van der Waals surface area contributed by atoms with Gasteiger partial charge in [-0.25, -0.2) is 4.39 Å². The largest absolute Gasteiger partial charge is 0.339 e. The second-order valence-electron chi connectivity index (χ2n) is 5.01. The van der Waals surface area contributed by atoms with E-state index in [2.05, 4.69) is 31.9 Å². The molecule has 0 aliphatic heterocycles. The Bertz CT molecular complexity index is 819. The van der Waals surface area contributed by atoms with Crippen LogP contribution in [0.5, 0.6) is 0 Å². The third-order valence-electron chi connectivity index (χ3n) is 3.12. The summed E-state index contributed by atoms with van der Waals surface area (Å²) < 4.78 is 12.6. The molecule has 10 heteroatoms. The van der Waals surface area contributed by atoms with Gasteiger partial charge in [0.2, 0.25) is 3.79 Å². The lowest BCUT2D eigenvalue weighted by Crippen LogP contribution is -2.56. The molecular weight excluding hydrogens is 488 g/mol. The smallest absolute Gasteiger partial charge is 0.255 e. The van der Waals surface area contributed by atoms with Crippen molar-refractivity contribution in [3.05, 3.63) is 64.4 Å².